The number of aryl methyl sites for hydroxylation is 1. The summed E-state index contributed by atoms with van der Waals surface area (Å²) < 4.78 is 24.6. The van der Waals surface area contributed by atoms with Gasteiger partial charge < -0.3 is 9.47 Å². The van der Waals surface area contributed by atoms with Gasteiger partial charge >= 0.3 is 0 Å². The first kappa shape index (κ1) is 13.1. The molecule has 6 nitrogen and oxygen atoms in total. The molecule has 2 rings (SSSR count). The maximum absolute atomic E-state index is 12.3. The molecule has 100 valence electrons. The van der Waals surface area contributed by atoms with E-state index in [2.05, 4.69) is 4.98 Å². The van der Waals surface area contributed by atoms with Crippen molar-refractivity contribution in [2.24, 2.45) is 7.05 Å². The van der Waals surface area contributed by atoms with E-state index in [1.54, 1.807) is 22.8 Å². The lowest BCUT2D eigenvalue weighted by atomic mass is 10.2. The van der Waals surface area contributed by atoms with Gasteiger partial charge in [0.1, 0.15) is 5.69 Å². The maximum Gasteiger partial charge on any atom is 0.272 e. The van der Waals surface area contributed by atoms with Gasteiger partial charge in [0, 0.05) is 19.6 Å². The van der Waals surface area contributed by atoms with E-state index in [1.165, 1.54) is 6.20 Å². The van der Waals surface area contributed by atoms with Crippen LogP contribution in [0, 0.1) is 0 Å². The van der Waals surface area contributed by atoms with E-state index in [0.717, 1.165) is 0 Å². The summed E-state index contributed by atoms with van der Waals surface area (Å²) in [6, 6.07) is -0.206. The highest BCUT2D eigenvalue weighted by atomic mass is 32.2. The van der Waals surface area contributed by atoms with Crippen LogP contribution in [-0.4, -0.2) is 52.9 Å². The zero-order chi connectivity index (χ0) is 13.3. The molecule has 0 spiro atoms. The summed E-state index contributed by atoms with van der Waals surface area (Å²) in [4.78, 5) is 17.9. The lowest BCUT2D eigenvalue weighted by molar-refractivity contribution is 0.0698. The van der Waals surface area contributed by atoms with Gasteiger partial charge in [-0.3, -0.25) is 4.79 Å². The minimum atomic E-state index is -2.98. The molecule has 0 aliphatic carbocycles. The first-order valence-corrected chi connectivity index (χ1v) is 7.74. The SMILES string of the molecule is CCN(C(=O)c1cncn1C)C1CCS(=O)(=O)C1. The van der Waals surface area contributed by atoms with Crippen LogP contribution in [-0.2, 0) is 16.9 Å². The molecule has 1 fully saturated rings. The van der Waals surface area contributed by atoms with E-state index < -0.39 is 9.84 Å². The fraction of sp³-hybridized carbons (Fsp3) is 0.636. The summed E-state index contributed by atoms with van der Waals surface area (Å²) in [6.07, 6.45) is 3.60. The van der Waals surface area contributed by atoms with E-state index in [9.17, 15) is 13.2 Å². The van der Waals surface area contributed by atoms with Gasteiger partial charge in [0.25, 0.3) is 5.91 Å². The minimum Gasteiger partial charge on any atom is -0.334 e. The number of rotatable bonds is 3. The zero-order valence-electron chi connectivity index (χ0n) is 10.5. The van der Waals surface area contributed by atoms with Gasteiger partial charge in [0.2, 0.25) is 0 Å². The number of sulfone groups is 1. The van der Waals surface area contributed by atoms with E-state index in [4.69, 9.17) is 0 Å². The Morgan fingerprint density at radius 2 is 2.33 bits per heavy atom. The molecule has 1 unspecified atom stereocenters. The number of carbonyl (C=O) groups is 1. The highest BCUT2D eigenvalue weighted by molar-refractivity contribution is 7.91. The van der Waals surface area contributed by atoms with Crippen molar-refractivity contribution in [3.8, 4) is 0 Å². The van der Waals surface area contributed by atoms with Crippen LogP contribution in [0.2, 0.25) is 0 Å². The quantitative estimate of drug-likeness (QED) is 0.780. The largest absolute Gasteiger partial charge is 0.334 e. The molecule has 1 atom stereocenters. The molecule has 1 aromatic heterocycles. The van der Waals surface area contributed by atoms with Crippen molar-refractivity contribution >= 4 is 15.7 Å². The third kappa shape index (κ3) is 2.40. The number of aromatic nitrogens is 2. The molecule has 0 N–H and O–H groups in total. The summed E-state index contributed by atoms with van der Waals surface area (Å²) >= 11 is 0. The molecular weight excluding hydrogens is 254 g/mol. The zero-order valence-corrected chi connectivity index (χ0v) is 11.4. The molecule has 0 aromatic carbocycles. The van der Waals surface area contributed by atoms with E-state index >= 15 is 0 Å². The van der Waals surface area contributed by atoms with Crippen LogP contribution in [0.3, 0.4) is 0 Å². The second-order valence-corrected chi connectivity index (χ2v) is 6.77. The summed E-state index contributed by atoms with van der Waals surface area (Å²) in [5.74, 6) is 0.0941. The van der Waals surface area contributed by atoms with Gasteiger partial charge in [-0.1, -0.05) is 0 Å². The third-order valence-corrected chi connectivity index (χ3v) is 5.04. The van der Waals surface area contributed by atoms with Crippen LogP contribution in [0.4, 0.5) is 0 Å². The molecule has 0 saturated carbocycles. The van der Waals surface area contributed by atoms with Crippen LogP contribution in [0.5, 0.6) is 0 Å². The molecular formula is C11H17N3O3S. The van der Waals surface area contributed by atoms with Crippen LogP contribution >= 0.6 is 0 Å². The number of hydrogen-bond acceptors (Lipinski definition) is 4. The normalized spacial score (nSPS) is 22.0. The van der Waals surface area contributed by atoms with E-state index in [1.807, 2.05) is 6.92 Å². The summed E-state index contributed by atoms with van der Waals surface area (Å²) in [5, 5.41) is 0. The number of nitrogens with zero attached hydrogens (tertiary/aromatic N) is 3. The Morgan fingerprint density at radius 1 is 1.61 bits per heavy atom. The molecule has 2 heterocycles. The fourth-order valence-corrected chi connectivity index (χ4v) is 4.03. The van der Waals surface area contributed by atoms with Crippen LogP contribution in [0.1, 0.15) is 23.8 Å². The molecule has 1 aromatic rings. The lowest BCUT2D eigenvalue weighted by Gasteiger charge is -2.26. The van der Waals surface area contributed by atoms with Crippen molar-refractivity contribution < 1.29 is 13.2 Å². The van der Waals surface area contributed by atoms with Crippen LogP contribution < -0.4 is 0 Å². The molecule has 1 amide bonds. The van der Waals surface area contributed by atoms with Crippen LogP contribution in [0.15, 0.2) is 12.5 Å². The fourth-order valence-electron chi connectivity index (χ4n) is 2.30. The minimum absolute atomic E-state index is 0.0738. The van der Waals surface area contributed by atoms with Crippen molar-refractivity contribution in [2.75, 3.05) is 18.1 Å². The summed E-state index contributed by atoms with van der Waals surface area (Å²) in [7, 11) is -1.23. The average molecular weight is 271 g/mol. The van der Waals surface area contributed by atoms with E-state index in [-0.39, 0.29) is 23.5 Å². The Morgan fingerprint density at radius 3 is 2.78 bits per heavy atom. The molecule has 0 bridgehead atoms. The first-order valence-electron chi connectivity index (χ1n) is 5.92. The van der Waals surface area contributed by atoms with Crippen molar-refractivity contribution in [3.05, 3.63) is 18.2 Å². The third-order valence-electron chi connectivity index (χ3n) is 3.29. The smallest absolute Gasteiger partial charge is 0.272 e. The molecule has 7 heteroatoms. The standard InChI is InChI=1S/C11H17N3O3S/c1-3-14(9-4-5-18(16,17)7-9)11(15)10-6-12-8-13(10)2/h6,8-9H,3-5,7H2,1-2H3. The molecule has 1 saturated heterocycles. The van der Waals surface area contributed by atoms with Gasteiger partial charge in [-0.25, -0.2) is 13.4 Å². The predicted octanol–water partition coefficient (Wildman–Crippen LogP) is 0.0693. The molecule has 0 radical (unpaired) electrons. The average Bonchev–Trinajstić information content (AvgIpc) is 2.86. The monoisotopic (exact) mass is 271 g/mol. The Labute approximate surface area is 107 Å². The molecule has 18 heavy (non-hydrogen) atoms. The van der Waals surface area contributed by atoms with Crippen molar-refractivity contribution in [1.82, 2.24) is 14.5 Å². The number of imidazole rings is 1. The lowest BCUT2D eigenvalue weighted by Crippen LogP contribution is -2.41. The van der Waals surface area contributed by atoms with Gasteiger partial charge in [-0.15, -0.1) is 0 Å². The summed E-state index contributed by atoms with van der Waals surface area (Å²) in [5.41, 5.74) is 0.487. The van der Waals surface area contributed by atoms with Crippen molar-refractivity contribution in [3.63, 3.8) is 0 Å². The Kier molecular flexibility index (Phi) is 3.43. The Hall–Kier alpha value is -1.37. The topological polar surface area (TPSA) is 72.3 Å². The Balaban J connectivity index is 2.20. The predicted molar refractivity (Wildman–Crippen MR) is 67.0 cm³/mol. The highest BCUT2D eigenvalue weighted by Crippen LogP contribution is 2.19. The molecule has 1 aliphatic rings. The van der Waals surface area contributed by atoms with Gasteiger partial charge in [-0.05, 0) is 13.3 Å². The van der Waals surface area contributed by atoms with Gasteiger partial charge in [0.05, 0.1) is 24.0 Å². The van der Waals surface area contributed by atoms with Crippen LogP contribution in [0.25, 0.3) is 0 Å². The summed E-state index contributed by atoms with van der Waals surface area (Å²) in [6.45, 7) is 2.36. The number of amides is 1. The second kappa shape index (κ2) is 4.72. The first-order chi connectivity index (χ1) is 8.44. The Bertz CT molecular complexity index is 550. The highest BCUT2D eigenvalue weighted by Gasteiger charge is 2.34. The molecule has 1 aliphatic heterocycles. The number of hydrogen-bond donors (Lipinski definition) is 0. The van der Waals surface area contributed by atoms with E-state index in [0.29, 0.717) is 18.7 Å². The maximum atomic E-state index is 12.3. The van der Waals surface area contributed by atoms with Crippen molar-refractivity contribution in [1.29, 1.82) is 0 Å². The number of carbonyl (C=O) groups excluding carboxylic acids is 1. The second-order valence-electron chi connectivity index (χ2n) is 4.54. The van der Waals surface area contributed by atoms with Gasteiger partial charge in [0.15, 0.2) is 9.84 Å². The van der Waals surface area contributed by atoms with Gasteiger partial charge in [-0.2, -0.15) is 0 Å². The van der Waals surface area contributed by atoms with Crippen molar-refractivity contribution in [2.45, 2.75) is 19.4 Å².